The second kappa shape index (κ2) is 11.5. The number of aromatic nitrogens is 8. The van der Waals surface area contributed by atoms with E-state index in [9.17, 15) is 10.1 Å². The maximum Gasteiger partial charge on any atom is 0.334 e. The van der Waals surface area contributed by atoms with Gasteiger partial charge in [-0.1, -0.05) is 90.1 Å². The monoisotopic (exact) mass is 615 g/mol. The lowest BCUT2D eigenvalue weighted by atomic mass is 9.86. The lowest BCUT2D eigenvalue weighted by molar-refractivity contribution is -0.391. The topological polar surface area (TPSA) is 130 Å². The van der Waals surface area contributed by atoms with Gasteiger partial charge >= 0.3 is 5.69 Å². The van der Waals surface area contributed by atoms with Crippen LogP contribution in [0.1, 0.15) is 52.7 Å². The molecule has 0 spiro atoms. The Bertz CT molecular complexity index is 1660. The van der Waals surface area contributed by atoms with Gasteiger partial charge in [-0.05, 0) is 45.5 Å². The van der Waals surface area contributed by atoms with E-state index in [2.05, 4.69) is 96.2 Å². The zero-order valence-electron chi connectivity index (χ0n) is 25.4. The maximum absolute atomic E-state index is 12.3. The van der Waals surface area contributed by atoms with Crippen LogP contribution in [0.2, 0.25) is 0 Å². The van der Waals surface area contributed by atoms with E-state index in [4.69, 9.17) is 0 Å². The minimum absolute atomic E-state index is 0.0331. The quantitative estimate of drug-likeness (QED) is 0.109. The molecule has 0 saturated heterocycles. The Morgan fingerprint density at radius 3 is 1.35 bits per heavy atom. The molecule has 0 bridgehead atoms. The maximum atomic E-state index is 12.3. The Balaban J connectivity index is 1.41. The molecule has 13 heteroatoms. The lowest BCUT2D eigenvalue weighted by Gasteiger charge is -2.19. The first-order valence-electron chi connectivity index (χ1n) is 13.6. The second-order valence-corrected chi connectivity index (χ2v) is 14.1. The first kappa shape index (κ1) is 30.4. The van der Waals surface area contributed by atoms with Gasteiger partial charge in [0.15, 0.2) is 32.0 Å². The van der Waals surface area contributed by atoms with Crippen molar-refractivity contribution < 1.29 is 4.92 Å². The van der Waals surface area contributed by atoms with Crippen LogP contribution in [0.25, 0.3) is 22.8 Å². The predicted molar refractivity (Wildman–Crippen MR) is 167 cm³/mol. The molecule has 0 atom stereocenters. The summed E-state index contributed by atoms with van der Waals surface area (Å²) in [5, 5.41) is 30.8. The molecule has 11 nitrogen and oxygen atoms in total. The molecule has 5 aromatic rings. The fourth-order valence-electron chi connectivity index (χ4n) is 4.37. The Morgan fingerprint density at radius 1 is 0.651 bits per heavy atom. The zero-order chi connectivity index (χ0) is 31.1. The summed E-state index contributed by atoms with van der Waals surface area (Å²) in [4.78, 5) is 20.3. The van der Waals surface area contributed by atoms with E-state index in [1.807, 2.05) is 38.4 Å². The number of rotatable bonds is 7. The van der Waals surface area contributed by atoms with Crippen LogP contribution < -0.4 is 0 Å². The van der Waals surface area contributed by atoms with Crippen LogP contribution in [0, 0.1) is 10.1 Å². The van der Waals surface area contributed by atoms with Crippen LogP contribution in [0.4, 0.5) is 5.69 Å². The molecule has 5 rings (SSSR count). The number of hydrogen-bond donors (Lipinski definition) is 0. The van der Waals surface area contributed by atoms with Gasteiger partial charge in [-0.15, -0.1) is 20.4 Å². The smallest absolute Gasteiger partial charge is 0.305 e. The summed E-state index contributed by atoms with van der Waals surface area (Å²) < 4.78 is 3.60. The Morgan fingerprint density at radius 2 is 1.02 bits per heavy atom. The molecule has 0 radical (unpaired) electrons. The molecule has 222 valence electrons. The summed E-state index contributed by atoms with van der Waals surface area (Å²) in [6.07, 6.45) is 1.31. The SMILES string of the molecule is Cn1c(Sc2ncnc(Sc3nnc(-c4ccc(C(C)(C)C)cc4)n3C)c2[N+](=O)[O-])nnc1-c1ccc(C(C)(C)C)cc1. The zero-order valence-corrected chi connectivity index (χ0v) is 27.0. The third-order valence-electron chi connectivity index (χ3n) is 7.00. The van der Waals surface area contributed by atoms with Gasteiger partial charge in [0.2, 0.25) is 0 Å². The van der Waals surface area contributed by atoms with Gasteiger partial charge < -0.3 is 9.13 Å². The summed E-state index contributed by atoms with van der Waals surface area (Å²) in [5.41, 5.74) is 4.06. The third kappa shape index (κ3) is 6.32. The van der Waals surface area contributed by atoms with Crippen LogP contribution in [-0.2, 0) is 24.9 Å². The fraction of sp³-hybridized carbons (Fsp3) is 0.333. The van der Waals surface area contributed by atoms with Crippen molar-refractivity contribution in [2.75, 3.05) is 0 Å². The highest BCUT2D eigenvalue weighted by Crippen LogP contribution is 2.40. The summed E-state index contributed by atoms with van der Waals surface area (Å²) >= 11 is 2.13. The molecule has 0 N–H and O–H groups in total. The van der Waals surface area contributed by atoms with E-state index < -0.39 is 4.92 Å². The lowest BCUT2D eigenvalue weighted by Crippen LogP contribution is -2.10. The van der Waals surface area contributed by atoms with Crippen LogP contribution in [-0.4, -0.2) is 44.4 Å². The minimum Gasteiger partial charge on any atom is -0.305 e. The van der Waals surface area contributed by atoms with Gasteiger partial charge in [0.05, 0.1) is 4.92 Å². The van der Waals surface area contributed by atoms with Gasteiger partial charge in [-0.2, -0.15) is 0 Å². The van der Waals surface area contributed by atoms with E-state index in [1.54, 1.807) is 9.13 Å². The van der Waals surface area contributed by atoms with Crippen molar-refractivity contribution in [3.8, 4) is 22.8 Å². The highest BCUT2D eigenvalue weighted by molar-refractivity contribution is 8.00. The van der Waals surface area contributed by atoms with Gasteiger partial charge in [0, 0.05) is 25.2 Å². The minimum atomic E-state index is -0.477. The predicted octanol–water partition coefficient (Wildman–Crippen LogP) is 6.87. The standard InChI is InChI=1S/C30H33N9O2S2/c1-29(2,3)20-13-9-18(10-14-20)23-33-35-27(37(23)7)42-25-22(39(40)41)26(32-17-31-25)43-28-36-34-24(38(28)8)19-11-15-21(16-12-19)30(4,5)6/h9-17H,1-8H3. The molecule has 2 aromatic carbocycles. The molecular formula is C30H33N9O2S2. The molecule has 0 aliphatic heterocycles. The van der Waals surface area contributed by atoms with Crippen molar-refractivity contribution in [3.05, 3.63) is 76.1 Å². The fourth-order valence-corrected chi connectivity index (χ4v) is 6.13. The van der Waals surface area contributed by atoms with E-state index in [0.29, 0.717) is 22.0 Å². The Kier molecular flexibility index (Phi) is 8.14. The average Bonchev–Trinajstić information content (AvgIpc) is 3.49. The van der Waals surface area contributed by atoms with E-state index in [1.165, 1.54) is 17.5 Å². The molecule has 0 aliphatic carbocycles. The van der Waals surface area contributed by atoms with Gasteiger partial charge in [-0.25, -0.2) is 9.97 Å². The number of nitrogens with zero attached hydrogens (tertiary/aromatic N) is 9. The molecule has 43 heavy (non-hydrogen) atoms. The average molecular weight is 616 g/mol. The molecule has 0 aliphatic rings. The van der Waals surface area contributed by atoms with E-state index in [-0.39, 0.29) is 26.6 Å². The summed E-state index contributed by atoms with van der Waals surface area (Å²) in [5.74, 6) is 1.30. The first-order chi connectivity index (χ1) is 20.2. The normalized spacial score (nSPS) is 12.1. The largest absolute Gasteiger partial charge is 0.334 e. The molecule has 3 heterocycles. The summed E-state index contributed by atoms with van der Waals surface area (Å²) in [6, 6.07) is 16.3. The summed E-state index contributed by atoms with van der Waals surface area (Å²) in [7, 11) is 3.65. The highest BCUT2D eigenvalue weighted by Gasteiger charge is 2.28. The molecule has 0 fully saturated rings. The van der Waals surface area contributed by atoms with Crippen molar-refractivity contribution in [1.29, 1.82) is 0 Å². The molecule has 0 amide bonds. The van der Waals surface area contributed by atoms with Crippen molar-refractivity contribution in [3.63, 3.8) is 0 Å². The van der Waals surface area contributed by atoms with Gasteiger partial charge in [0.1, 0.15) is 6.33 Å². The van der Waals surface area contributed by atoms with Crippen LogP contribution in [0.15, 0.2) is 75.2 Å². The van der Waals surface area contributed by atoms with Crippen molar-refractivity contribution >= 4 is 29.2 Å². The van der Waals surface area contributed by atoms with Crippen molar-refractivity contribution in [1.82, 2.24) is 39.5 Å². The van der Waals surface area contributed by atoms with Crippen LogP contribution in [0.3, 0.4) is 0 Å². The molecule has 3 aromatic heterocycles. The highest BCUT2D eigenvalue weighted by atomic mass is 32.2. The van der Waals surface area contributed by atoms with Gasteiger partial charge in [-0.3, -0.25) is 10.1 Å². The summed E-state index contributed by atoms with van der Waals surface area (Å²) in [6.45, 7) is 13.0. The van der Waals surface area contributed by atoms with E-state index in [0.717, 1.165) is 34.7 Å². The van der Waals surface area contributed by atoms with Gasteiger partial charge in [0.25, 0.3) is 0 Å². The third-order valence-corrected chi connectivity index (χ3v) is 9.06. The number of nitro groups is 1. The van der Waals surface area contributed by atoms with Crippen molar-refractivity contribution in [2.45, 2.75) is 72.7 Å². The van der Waals surface area contributed by atoms with Crippen LogP contribution >= 0.6 is 23.5 Å². The number of hydrogen-bond acceptors (Lipinski definition) is 10. The number of benzene rings is 2. The molecular weight excluding hydrogens is 583 g/mol. The molecule has 0 saturated carbocycles. The van der Waals surface area contributed by atoms with E-state index >= 15 is 0 Å². The Labute approximate surface area is 258 Å². The first-order valence-corrected chi connectivity index (χ1v) is 15.2. The molecule has 0 unspecified atom stereocenters. The van der Waals surface area contributed by atoms with Crippen LogP contribution in [0.5, 0.6) is 0 Å². The second-order valence-electron chi connectivity index (χ2n) is 12.2. The Hall–Kier alpha value is -4.10. The van der Waals surface area contributed by atoms with Crippen molar-refractivity contribution in [2.24, 2.45) is 14.1 Å².